The van der Waals surface area contributed by atoms with Crippen molar-refractivity contribution < 1.29 is 4.79 Å². The Morgan fingerprint density at radius 2 is 1.76 bits per heavy atom. The van der Waals surface area contributed by atoms with Crippen LogP contribution in [0.15, 0.2) is 82.4 Å². The number of rotatable bonds is 5. The van der Waals surface area contributed by atoms with E-state index in [1.165, 1.54) is 24.3 Å². The molecule has 2 N–H and O–H groups in total. The predicted molar refractivity (Wildman–Crippen MR) is 143 cm³/mol. The Kier molecular flexibility index (Phi) is 6.47. The number of para-hydroxylation sites is 1. The van der Waals surface area contributed by atoms with Crippen molar-refractivity contribution in [1.82, 2.24) is 19.7 Å². The van der Waals surface area contributed by atoms with Crippen LogP contribution in [0.4, 0.5) is 5.13 Å². The maximum absolute atomic E-state index is 12.8. The van der Waals surface area contributed by atoms with E-state index in [9.17, 15) is 19.6 Å². The molecule has 37 heavy (non-hydrogen) atoms. The van der Waals surface area contributed by atoms with Gasteiger partial charge in [0.05, 0.1) is 22.2 Å². The largest absolute Gasteiger partial charge is 0.333 e. The smallest absolute Gasteiger partial charge is 0.306 e. The zero-order valence-electron chi connectivity index (χ0n) is 18.8. The number of carbonyl (C=O) groups is 1. The van der Waals surface area contributed by atoms with Crippen LogP contribution in [0.2, 0.25) is 5.02 Å². The second-order valence-corrected chi connectivity index (χ2v) is 9.16. The topological polar surface area (TPSA) is 134 Å². The molecule has 0 atom stereocenters. The Morgan fingerprint density at radius 1 is 1.03 bits per heavy atom. The van der Waals surface area contributed by atoms with E-state index in [1.807, 2.05) is 0 Å². The molecule has 5 aromatic rings. The molecular formula is C26H15ClN6O3S. The number of aromatic amines is 1. The molecule has 0 aliphatic rings. The number of halogens is 1. The van der Waals surface area contributed by atoms with E-state index < -0.39 is 17.2 Å². The molecule has 1 amide bonds. The number of H-pyrrole nitrogens is 1. The van der Waals surface area contributed by atoms with Crippen molar-refractivity contribution in [2.45, 2.75) is 0 Å². The SMILES string of the molecule is N#C/C(=C/c1ccc(Cl)cc1)c1nnc(NC(=O)c2ccc(-n3c(=O)[nH]c4ccccc4c3=O)cc2)s1. The lowest BCUT2D eigenvalue weighted by Crippen LogP contribution is -2.33. The van der Waals surface area contributed by atoms with Gasteiger partial charge in [0.1, 0.15) is 6.07 Å². The lowest BCUT2D eigenvalue weighted by molar-refractivity contribution is 0.102. The van der Waals surface area contributed by atoms with E-state index >= 15 is 0 Å². The number of benzene rings is 3. The molecule has 2 heterocycles. The lowest BCUT2D eigenvalue weighted by Gasteiger charge is -2.07. The summed E-state index contributed by atoms with van der Waals surface area (Å²) >= 11 is 6.95. The van der Waals surface area contributed by atoms with Gasteiger partial charge >= 0.3 is 5.69 Å². The average Bonchev–Trinajstić information content (AvgIpc) is 3.37. The molecule has 0 aliphatic carbocycles. The highest BCUT2D eigenvalue weighted by atomic mass is 35.5. The summed E-state index contributed by atoms with van der Waals surface area (Å²) in [5.74, 6) is -0.464. The van der Waals surface area contributed by atoms with E-state index in [0.29, 0.717) is 26.6 Å². The van der Waals surface area contributed by atoms with Crippen LogP contribution < -0.4 is 16.6 Å². The Morgan fingerprint density at radius 3 is 2.49 bits per heavy atom. The van der Waals surface area contributed by atoms with Crippen molar-refractivity contribution in [2.75, 3.05) is 5.32 Å². The fraction of sp³-hybridized carbons (Fsp3) is 0. The summed E-state index contributed by atoms with van der Waals surface area (Å²) in [6.07, 6.45) is 1.65. The molecule has 0 bridgehead atoms. The van der Waals surface area contributed by atoms with Crippen LogP contribution in [0, 0.1) is 11.3 Å². The molecule has 180 valence electrons. The number of hydrogen-bond donors (Lipinski definition) is 2. The quantitative estimate of drug-likeness (QED) is 0.324. The van der Waals surface area contributed by atoms with Crippen LogP contribution in [0.5, 0.6) is 0 Å². The van der Waals surface area contributed by atoms with Crippen LogP contribution in [-0.2, 0) is 0 Å². The van der Waals surface area contributed by atoms with Gasteiger partial charge in [-0.2, -0.15) is 5.26 Å². The summed E-state index contributed by atoms with van der Waals surface area (Å²) in [5.41, 5.74) is 1.06. The van der Waals surface area contributed by atoms with Crippen LogP contribution >= 0.6 is 22.9 Å². The molecule has 0 fully saturated rings. The summed E-state index contributed by atoms with van der Waals surface area (Å²) in [5, 5.41) is 21.7. The van der Waals surface area contributed by atoms with Crippen molar-refractivity contribution in [3.8, 4) is 11.8 Å². The molecule has 0 saturated heterocycles. The minimum Gasteiger partial charge on any atom is -0.306 e. The van der Waals surface area contributed by atoms with Gasteiger partial charge in [0.15, 0.2) is 5.01 Å². The van der Waals surface area contributed by atoms with Gasteiger partial charge in [0.25, 0.3) is 11.5 Å². The van der Waals surface area contributed by atoms with Gasteiger partial charge in [-0.1, -0.05) is 47.2 Å². The van der Waals surface area contributed by atoms with Gasteiger partial charge in [-0.05, 0) is 60.2 Å². The fourth-order valence-electron chi connectivity index (χ4n) is 3.58. The van der Waals surface area contributed by atoms with Crippen molar-refractivity contribution >= 4 is 56.5 Å². The van der Waals surface area contributed by atoms with Gasteiger partial charge in [-0.15, -0.1) is 10.2 Å². The Labute approximate surface area is 217 Å². The molecule has 0 spiro atoms. The third kappa shape index (κ3) is 4.95. The molecule has 0 saturated carbocycles. The number of amides is 1. The minimum atomic E-state index is -0.581. The van der Waals surface area contributed by atoms with E-state index in [-0.39, 0.29) is 16.3 Å². The first-order valence-electron chi connectivity index (χ1n) is 10.8. The third-order valence-electron chi connectivity index (χ3n) is 5.37. The Balaban J connectivity index is 1.35. The summed E-state index contributed by atoms with van der Waals surface area (Å²) in [6, 6.07) is 21.8. The molecule has 5 rings (SSSR count). The number of nitrogens with zero attached hydrogens (tertiary/aromatic N) is 4. The second-order valence-electron chi connectivity index (χ2n) is 7.75. The predicted octanol–water partition coefficient (Wildman–Crippen LogP) is 4.50. The molecule has 0 radical (unpaired) electrons. The van der Waals surface area contributed by atoms with Crippen molar-refractivity contribution in [3.63, 3.8) is 0 Å². The highest BCUT2D eigenvalue weighted by Crippen LogP contribution is 2.25. The van der Waals surface area contributed by atoms with Crippen LogP contribution in [0.1, 0.15) is 20.9 Å². The van der Waals surface area contributed by atoms with Gasteiger partial charge < -0.3 is 4.98 Å². The monoisotopic (exact) mass is 526 g/mol. The van der Waals surface area contributed by atoms with E-state index in [4.69, 9.17) is 11.6 Å². The van der Waals surface area contributed by atoms with E-state index in [2.05, 4.69) is 26.6 Å². The van der Waals surface area contributed by atoms with Gasteiger partial charge in [0.2, 0.25) is 5.13 Å². The highest BCUT2D eigenvalue weighted by molar-refractivity contribution is 7.16. The Hall–Kier alpha value is -4.85. The first-order valence-corrected chi connectivity index (χ1v) is 12.0. The summed E-state index contributed by atoms with van der Waals surface area (Å²) < 4.78 is 1.01. The van der Waals surface area contributed by atoms with Gasteiger partial charge in [-0.3, -0.25) is 14.9 Å². The maximum Gasteiger partial charge on any atom is 0.333 e. The summed E-state index contributed by atoms with van der Waals surface area (Å²) in [7, 11) is 0. The number of allylic oxidation sites excluding steroid dienone is 1. The highest BCUT2D eigenvalue weighted by Gasteiger charge is 2.14. The molecule has 2 aromatic heterocycles. The van der Waals surface area contributed by atoms with E-state index in [1.54, 1.807) is 54.6 Å². The zero-order valence-corrected chi connectivity index (χ0v) is 20.4. The van der Waals surface area contributed by atoms with Crippen LogP contribution in [0.25, 0.3) is 28.2 Å². The minimum absolute atomic E-state index is 0.212. The first kappa shape index (κ1) is 23.9. The number of carbonyl (C=O) groups excluding carboxylic acids is 1. The van der Waals surface area contributed by atoms with Crippen LogP contribution in [-0.4, -0.2) is 25.7 Å². The lowest BCUT2D eigenvalue weighted by atomic mass is 10.1. The van der Waals surface area contributed by atoms with Crippen molar-refractivity contribution in [3.05, 3.63) is 115 Å². The fourth-order valence-corrected chi connectivity index (χ4v) is 4.41. The number of hydrogen-bond acceptors (Lipinski definition) is 7. The zero-order chi connectivity index (χ0) is 25.9. The molecule has 3 aromatic carbocycles. The van der Waals surface area contributed by atoms with Gasteiger partial charge in [0, 0.05) is 10.6 Å². The molecule has 9 nitrogen and oxygen atoms in total. The van der Waals surface area contributed by atoms with Crippen LogP contribution in [0.3, 0.4) is 0 Å². The van der Waals surface area contributed by atoms with Crippen molar-refractivity contribution in [1.29, 1.82) is 5.26 Å². The van der Waals surface area contributed by atoms with Gasteiger partial charge in [-0.25, -0.2) is 9.36 Å². The van der Waals surface area contributed by atoms with E-state index in [0.717, 1.165) is 21.5 Å². The molecule has 0 unspecified atom stereocenters. The number of fused-ring (bicyclic) bond motifs is 1. The number of nitriles is 1. The average molecular weight is 527 g/mol. The molecule has 0 aliphatic heterocycles. The molecular weight excluding hydrogens is 512 g/mol. The number of anilines is 1. The van der Waals surface area contributed by atoms with Crippen molar-refractivity contribution in [2.24, 2.45) is 0 Å². The summed E-state index contributed by atoms with van der Waals surface area (Å²) in [6.45, 7) is 0. The first-order chi connectivity index (χ1) is 17.9. The molecule has 11 heteroatoms. The summed E-state index contributed by atoms with van der Waals surface area (Å²) in [4.78, 5) is 40.8. The normalized spacial score (nSPS) is 11.3. The third-order valence-corrected chi connectivity index (χ3v) is 6.49. The Bertz CT molecular complexity index is 1830. The number of aromatic nitrogens is 4. The maximum atomic E-state index is 12.8. The standard InChI is InChI=1S/C26H15ClN6O3S/c27-18-9-5-15(6-10-18)13-17(14-28)23-31-32-25(37-23)30-22(34)16-7-11-19(12-8-16)33-24(35)20-3-1-2-4-21(20)29-26(33)36/h1-13H,(H,29,36)(H,30,32,34)/b17-13-. The number of nitrogens with one attached hydrogen (secondary N) is 2. The second kappa shape index (κ2) is 10.0.